The highest BCUT2D eigenvalue weighted by Crippen LogP contribution is 2.17. The van der Waals surface area contributed by atoms with Gasteiger partial charge in [-0.3, -0.25) is 9.59 Å². The molecule has 0 aliphatic carbocycles. The highest BCUT2D eigenvalue weighted by atomic mass is 16.5. The molecule has 0 aromatic rings. The number of hydrogen-bond donors (Lipinski definition) is 2. The molecular weight excluding hydrogens is 308 g/mol. The van der Waals surface area contributed by atoms with Gasteiger partial charge in [-0.25, -0.2) is 0 Å². The molecule has 2 N–H and O–H groups in total. The first kappa shape index (κ1) is 22.9. The standard InChI is InChI=1S/C19H36O5/c1-3-5-7-9-11-13-18(21)24-15-17(20)14-16(19(22)23)12-10-8-6-4-2/h16-17,20H,3-15H2,1-2H3,(H,22,23). The van der Waals surface area contributed by atoms with Crippen LogP contribution in [-0.2, 0) is 14.3 Å². The molecule has 0 aliphatic heterocycles. The van der Waals surface area contributed by atoms with E-state index in [0.29, 0.717) is 12.8 Å². The fourth-order valence-electron chi connectivity index (χ4n) is 2.69. The Balaban J connectivity index is 3.87. The van der Waals surface area contributed by atoms with E-state index in [4.69, 9.17) is 4.74 Å². The summed E-state index contributed by atoms with van der Waals surface area (Å²) in [5.41, 5.74) is 0. The molecule has 0 rings (SSSR count). The number of aliphatic carboxylic acids is 1. The number of carbonyl (C=O) groups excluding carboxylic acids is 1. The van der Waals surface area contributed by atoms with E-state index in [1.54, 1.807) is 0 Å². The molecule has 2 unspecified atom stereocenters. The Morgan fingerprint density at radius 2 is 1.50 bits per heavy atom. The third-order valence-corrected chi connectivity index (χ3v) is 4.23. The second kappa shape index (κ2) is 15.4. The van der Waals surface area contributed by atoms with Crippen LogP contribution in [0.25, 0.3) is 0 Å². The Bertz CT molecular complexity index is 330. The van der Waals surface area contributed by atoms with Gasteiger partial charge in [0.1, 0.15) is 6.61 Å². The van der Waals surface area contributed by atoms with Crippen molar-refractivity contribution in [3.63, 3.8) is 0 Å². The van der Waals surface area contributed by atoms with Crippen LogP contribution >= 0.6 is 0 Å². The summed E-state index contributed by atoms with van der Waals surface area (Å²) in [6, 6.07) is 0. The van der Waals surface area contributed by atoms with Gasteiger partial charge in [0.25, 0.3) is 0 Å². The van der Waals surface area contributed by atoms with E-state index in [-0.39, 0.29) is 19.0 Å². The Hall–Kier alpha value is -1.10. The molecule has 0 aromatic heterocycles. The van der Waals surface area contributed by atoms with Crippen LogP contribution in [0.1, 0.15) is 90.9 Å². The van der Waals surface area contributed by atoms with Crippen molar-refractivity contribution < 1.29 is 24.5 Å². The summed E-state index contributed by atoms with van der Waals surface area (Å²) < 4.78 is 5.05. The molecule has 0 bridgehead atoms. The number of carboxylic acid groups (broad SMARTS) is 1. The zero-order valence-corrected chi connectivity index (χ0v) is 15.5. The summed E-state index contributed by atoms with van der Waals surface area (Å²) >= 11 is 0. The van der Waals surface area contributed by atoms with Crippen molar-refractivity contribution in [1.29, 1.82) is 0 Å². The monoisotopic (exact) mass is 344 g/mol. The molecule has 0 aliphatic rings. The largest absolute Gasteiger partial charge is 0.481 e. The van der Waals surface area contributed by atoms with Gasteiger partial charge in [-0.1, -0.05) is 65.2 Å². The third-order valence-electron chi connectivity index (χ3n) is 4.23. The molecule has 0 heterocycles. The van der Waals surface area contributed by atoms with E-state index < -0.39 is 18.0 Å². The van der Waals surface area contributed by atoms with E-state index in [1.165, 1.54) is 12.8 Å². The lowest BCUT2D eigenvalue weighted by atomic mass is 9.95. The van der Waals surface area contributed by atoms with Crippen molar-refractivity contribution in [1.82, 2.24) is 0 Å². The maximum atomic E-state index is 11.6. The Labute approximate surface area is 146 Å². The number of unbranched alkanes of at least 4 members (excludes halogenated alkanes) is 7. The van der Waals surface area contributed by atoms with Gasteiger partial charge in [0.15, 0.2) is 0 Å². The molecule has 0 radical (unpaired) electrons. The average Bonchev–Trinajstić information content (AvgIpc) is 2.55. The van der Waals surface area contributed by atoms with E-state index in [1.807, 2.05) is 0 Å². The smallest absolute Gasteiger partial charge is 0.306 e. The molecule has 0 saturated heterocycles. The molecule has 2 atom stereocenters. The lowest BCUT2D eigenvalue weighted by molar-refractivity contribution is -0.148. The van der Waals surface area contributed by atoms with Gasteiger partial charge in [0.2, 0.25) is 0 Å². The second-order valence-electron chi connectivity index (χ2n) is 6.62. The topological polar surface area (TPSA) is 83.8 Å². The number of carboxylic acids is 1. The molecule has 5 heteroatoms. The number of ether oxygens (including phenoxy) is 1. The second-order valence-corrected chi connectivity index (χ2v) is 6.62. The molecule has 0 fully saturated rings. The number of aliphatic hydroxyl groups excluding tert-OH is 1. The van der Waals surface area contributed by atoms with Crippen LogP contribution in [0, 0.1) is 5.92 Å². The normalized spacial score (nSPS) is 13.5. The van der Waals surface area contributed by atoms with Crippen molar-refractivity contribution in [2.24, 2.45) is 5.92 Å². The van der Waals surface area contributed by atoms with Gasteiger partial charge in [-0.05, 0) is 19.3 Å². The number of hydrogen-bond acceptors (Lipinski definition) is 4. The molecule has 0 amide bonds. The molecule has 5 nitrogen and oxygen atoms in total. The molecule has 0 saturated carbocycles. The molecule has 142 valence electrons. The van der Waals surface area contributed by atoms with Gasteiger partial charge in [0.05, 0.1) is 12.0 Å². The van der Waals surface area contributed by atoms with Crippen LogP contribution in [0.3, 0.4) is 0 Å². The zero-order valence-electron chi connectivity index (χ0n) is 15.5. The van der Waals surface area contributed by atoms with Crippen molar-refractivity contribution in [3.05, 3.63) is 0 Å². The fraction of sp³-hybridized carbons (Fsp3) is 0.895. The predicted molar refractivity (Wildman–Crippen MR) is 94.8 cm³/mol. The van der Waals surface area contributed by atoms with Crippen molar-refractivity contribution in [2.45, 2.75) is 97.0 Å². The van der Waals surface area contributed by atoms with Crippen LogP contribution in [-0.4, -0.2) is 34.9 Å². The number of aliphatic hydroxyl groups is 1. The highest BCUT2D eigenvalue weighted by molar-refractivity contribution is 5.70. The van der Waals surface area contributed by atoms with E-state index >= 15 is 0 Å². The summed E-state index contributed by atoms with van der Waals surface area (Å²) in [5.74, 6) is -1.75. The Morgan fingerprint density at radius 3 is 2.08 bits per heavy atom. The number of esters is 1. The van der Waals surface area contributed by atoms with Gasteiger partial charge >= 0.3 is 11.9 Å². The highest BCUT2D eigenvalue weighted by Gasteiger charge is 2.22. The first-order valence-electron chi connectivity index (χ1n) is 9.57. The van der Waals surface area contributed by atoms with Crippen molar-refractivity contribution in [2.75, 3.05) is 6.61 Å². The molecular formula is C19H36O5. The summed E-state index contributed by atoms with van der Waals surface area (Å²) in [7, 11) is 0. The summed E-state index contributed by atoms with van der Waals surface area (Å²) in [6.45, 7) is 4.15. The van der Waals surface area contributed by atoms with Crippen LogP contribution in [0.2, 0.25) is 0 Å². The predicted octanol–water partition coefficient (Wildman–Crippen LogP) is 4.31. The van der Waals surface area contributed by atoms with Crippen molar-refractivity contribution in [3.8, 4) is 0 Å². The van der Waals surface area contributed by atoms with Gasteiger partial charge in [0, 0.05) is 6.42 Å². The van der Waals surface area contributed by atoms with Gasteiger partial charge in [-0.15, -0.1) is 0 Å². The first-order valence-corrected chi connectivity index (χ1v) is 9.57. The minimum absolute atomic E-state index is 0.105. The molecule has 24 heavy (non-hydrogen) atoms. The third kappa shape index (κ3) is 13.3. The summed E-state index contributed by atoms with van der Waals surface area (Å²) in [6.07, 6.45) is 9.57. The van der Waals surface area contributed by atoms with E-state index in [2.05, 4.69) is 13.8 Å². The number of carbonyl (C=O) groups is 2. The van der Waals surface area contributed by atoms with E-state index in [0.717, 1.165) is 44.9 Å². The summed E-state index contributed by atoms with van der Waals surface area (Å²) in [4.78, 5) is 22.8. The summed E-state index contributed by atoms with van der Waals surface area (Å²) in [5, 5.41) is 19.1. The van der Waals surface area contributed by atoms with Gasteiger partial charge in [-0.2, -0.15) is 0 Å². The minimum Gasteiger partial charge on any atom is -0.481 e. The maximum absolute atomic E-state index is 11.6. The fourth-order valence-corrected chi connectivity index (χ4v) is 2.69. The number of rotatable bonds is 16. The first-order chi connectivity index (χ1) is 11.5. The minimum atomic E-state index is -0.902. The zero-order chi connectivity index (χ0) is 18.2. The van der Waals surface area contributed by atoms with Crippen molar-refractivity contribution >= 4 is 11.9 Å². The van der Waals surface area contributed by atoms with Crippen LogP contribution in [0.15, 0.2) is 0 Å². The lowest BCUT2D eigenvalue weighted by Gasteiger charge is -2.17. The molecule has 0 aromatic carbocycles. The maximum Gasteiger partial charge on any atom is 0.306 e. The van der Waals surface area contributed by atoms with Crippen LogP contribution in [0.4, 0.5) is 0 Å². The Morgan fingerprint density at radius 1 is 0.917 bits per heavy atom. The Kier molecular flexibility index (Phi) is 14.7. The average molecular weight is 344 g/mol. The lowest BCUT2D eigenvalue weighted by Crippen LogP contribution is -2.25. The quantitative estimate of drug-likeness (QED) is 0.322. The SMILES string of the molecule is CCCCCCCC(=O)OCC(O)CC(CCCCCC)C(=O)O. The van der Waals surface area contributed by atoms with Crippen LogP contribution < -0.4 is 0 Å². The van der Waals surface area contributed by atoms with Crippen LogP contribution in [0.5, 0.6) is 0 Å². The van der Waals surface area contributed by atoms with E-state index in [9.17, 15) is 19.8 Å². The van der Waals surface area contributed by atoms with Gasteiger partial charge < -0.3 is 14.9 Å². The molecule has 0 spiro atoms.